The standard InChI is InChI=1S/C20H19N3O5/c24-17(25)11-22-10-12(14-7-3-4-8-16(14)22)9-15-18(26)21-20(28)23(19(15)27)13-5-1-2-6-13/h3-4,7-10,13H,1-2,5-6,11H2,(H,24,25)(H,21,26,28)/p-1/b15-9-. The van der Waals surface area contributed by atoms with Gasteiger partial charge in [-0.1, -0.05) is 31.0 Å². The van der Waals surface area contributed by atoms with E-state index in [4.69, 9.17) is 0 Å². The summed E-state index contributed by atoms with van der Waals surface area (Å²) in [7, 11) is 0. The normalized spacial score (nSPS) is 19.6. The molecule has 0 bridgehead atoms. The highest BCUT2D eigenvalue weighted by Crippen LogP contribution is 2.29. The first-order valence-corrected chi connectivity index (χ1v) is 9.14. The topological polar surface area (TPSA) is 112 Å². The van der Waals surface area contributed by atoms with E-state index in [0.29, 0.717) is 16.5 Å². The number of carboxylic acids is 1. The summed E-state index contributed by atoms with van der Waals surface area (Å²) in [5, 5.41) is 14.0. The minimum absolute atomic E-state index is 0.136. The van der Waals surface area contributed by atoms with Crippen LogP contribution in [0.25, 0.3) is 17.0 Å². The lowest BCUT2D eigenvalue weighted by Gasteiger charge is -2.31. The number of carbonyl (C=O) groups is 4. The fourth-order valence-corrected chi connectivity index (χ4v) is 3.98. The molecule has 144 valence electrons. The number of carboxylic acid groups (broad SMARTS) is 1. The second-order valence-electron chi connectivity index (χ2n) is 7.03. The molecule has 4 rings (SSSR count). The molecule has 2 heterocycles. The molecule has 1 saturated carbocycles. The van der Waals surface area contributed by atoms with E-state index in [1.54, 1.807) is 30.5 Å². The number of nitrogens with zero attached hydrogens (tertiary/aromatic N) is 2. The van der Waals surface area contributed by atoms with Gasteiger partial charge >= 0.3 is 6.03 Å². The van der Waals surface area contributed by atoms with E-state index in [1.807, 2.05) is 0 Å². The average molecular weight is 380 g/mol. The number of para-hydroxylation sites is 1. The SMILES string of the molecule is O=C([O-])Cn1cc(/C=C2/C(=O)NC(=O)N(C3CCCC3)C2=O)c2ccccc21. The number of benzene rings is 1. The minimum atomic E-state index is -1.25. The largest absolute Gasteiger partial charge is 0.548 e. The van der Waals surface area contributed by atoms with Gasteiger partial charge in [0.05, 0.1) is 12.5 Å². The highest BCUT2D eigenvalue weighted by Gasteiger charge is 2.40. The summed E-state index contributed by atoms with van der Waals surface area (Å²) in [5.74, 6) is -2.61. The fraction of sp³-hybridized carbons (Fsp3) is 0.300. The van der Waals surface area contributed by atoms with Crippen molar-refractivity contribution in [1.82, 2.24) is 14.8 Å². The molecule has 0 unspecified atom stereocenters. The summed E-state index contributed by atoms with van der Waals surface area (Å²) < 4.78 is 1.49. The summed E-state index contributed by atoms with van der Waals surface area (Å²) in [6.45, 7) is -0.351. The van der Waals surface area contributed by atoms with Crippen LogP contribution in [0.1, 0.15) is 31.2 Å². The lowest BCUT2D eigenvalue weighted by atomic mass is 10.0. The van der Waals surface area contributed by atoms with E-state index < -0.39 is 23.8 Å². The van der Waals surface area contributed by atoms with Crippen LogP contribution < -0.4 is 10.4 Å². The first-order chi connectivity index (χ1) is 13.5. The molecule has 1 N–H and O–H groups in total. The van der Waals surface area contributed by atoms with Crippen molar-refractivity contribution < 1.29 is 24.3 Å². The fourth-order valence-electron chi connectivity index (χ4n) is 3.98. The molecule has 1 aromatic carbocycles. The Kier molecular flexibility index (Phi) is 4.46. The summed E-state index contributed by atoms with van der Waals surface area (Å²) in [6.07, 6.45) is 6.30. The molecule has 2 fully saturated rings. The molecule has 0 spiro atoms. The molecule has 1 saturated heterocycles. The van der Waals surface area contributed by atoms with Crippen LogP contribution in [-0.2, 0) is 20.9 Å². The van der Waals surface area contributed by atoms with Crippen molar-refractivity contribution in [3.63, 3.8) is 0 Å². The van der Waals surface area contributed by atoms with Crippen LogP contribution in [0.5, 0.6) is 0 Å². The molecular weight excluding hydrogens is 362 g/mol. The maximum absolute atomic E-state index is 12.9. The van der Waals surface area contributed by atoms with Gasteiger partial charge in [0.1, 0.15) is 5.57 Å². The molecule has 4 amide bonds. The highest BCUT2D eigenvalue weighted by molar-refractivity contribution is 6.31. The lowest BCUT2D eigenvalue weighted by molar-refractivity contribution is -0.306. The van der Waals surface area contributed by atoms with Crippen molar-refractivity contribution in [3.8, 4) is 0 Å². The van der Waals surface area contributed by atoms with E-state index >= 15 is 0 Å². The predicted molar refractivity (Wildman–Crippen MR) is 97.6 cm³/mol. The second-order valence-corrected chi connectivity index (χ2v) is 7.03. The number of carbonyl (C=O) groups excluding carboxylic acids is 4. The van der Waals surface area contributed by atoms with Crippen molar-refractivity contribution in [1.29, 1.82) is 0 Å². The lowest BCUT2D eigenvalue weighted by Crippen LogP contribution is -2.57. The Morgan fingerprint density at radius 2 is 1.89 bits per heavy atom. The van der Waals surface area contributed by atoms with Crippen LogP contribution in [-0.4, -0.2) is 39.3 Å². The third-order valence-corrected chi connectivity index (χ3v) is 5.24. The number of aliphatic carboxylic acids is 1. The van der Waals surface area contributed by atoms with Crippen molar-refractivity contribution in [2.24, 2.45) is 0 Å². The van der Waals surface area contributed by atoms with Gasteiger partial charge in [-0.3, -0.25) is 19.8 Å². The van der Waals surface area contributed by atoms with Gasteiger partial charge in [-0.05, 0) is 25.0 Å². The number of nitrogens with one attached hydrogen (secondary N) is 1. The van der Waals surface area contributed by atoms with Crippen LogP contribution in [0.4, 0.5) is 4.79 Å². The van der Waals surface area contributed by atoms with E-state index in [9.17, 15) is 24.3 Å². The average Bonchev–Trinajstić information content (AvgIpc) is 3.27. The smallest absolute Gasteiger partial charge is 0.331 e. The van der Waals surface area contributed by atoms with Crippen LogP contribution in [0.3, 0.4) is 0 Å². The zero-order valence-electron chi connectivity index (χ0n) is 15.0. The third-order valence-electron chi connectivity index (χ3n) is 5.24. The number of hydrogen-bond acceptors (Lipinski definition) is 5. The molecule has 8 nitrogen and oxygen atoms in total. The monoisotopic (exact) mass is 380 g/mol. The van der Waals surface area contributed by atoms with Gasteiger partial charge in [0.25, 0.3) is 11.8 Å². The molecule has 1 aliphatic heterocycles. The Balaban J connectivity index is 1.77. The van der Waals surface area contributed by atoms with Gasteiger partial charge in [-0.25, -0.2) is 4.79 Å². The van der Waals surface area contributed by atoms with Crippen molar-refractivity contribution in [3.05, 3.63) is 41.6 Å². The summed E-state index contributed by atoms with van der Waals surface area (Å²) in [5.41, 5.74) is 1.03. The number of urea groups is 1. The van der Waals surface area contributed by atoms with Gasteiger partial charge < -0.3 is 14.5 Å². The number of amides is 4. The molecule has 1 aliphatic carbocycles. The molecular formula is C20H18N3O5-. The quantitative estimate of drug-likeness (QED) is 0.623. The molecule has 2 aliphatic rings. The van der Waals surface area contributed by atoms with Crippen molar-refractivity contribution >= 4 is 40.8 Å². The molecule has 8 heteroatoms. The molecule has 2 aromatic rings. The van der Waals surface area contributed by atoms with E-state index in [1.165, 1.54) is 10.6 Å². The van der Waals surface area contributed by atoms with Crippen molar-refractivity contribution in [2.45, 2.75) is 38.3 Å². The van der Waals surface area contributed by atoms with E-state index in [0.717, 1.165) is 30.6 Å². The summed E-state index contributed by atoms with van der Waals surface area (Å²) >= 11 is 0. The minimum Gasteiger partial charge on any atom is -0.548 e. The first-order valence-electron chi connectivity index (χ1n) is 9.14. The van der Waals surface area contributed by atoms with E-state index in [-0.39, 0.29) is 18.2 Å². The van der Waals surface area contributed by atoms with Crippen molar-refractivity contribution in [2.75, 3.05) is 0 Å². The Bertz CT molecular complexity index is 1030. The Hall–Kier alpha value is -3.42. The second kappa shape index (κ2) is 6.95. The molecule has 0 atom stereocenters. The number of hydrogen-bond donors (Lipinski definition) is 1. The van der Waals surface area contributed by atoms with Gasteiger partial charge in [0.2, 0.25) is 0 Å². The Morgan fingerprint density at radius 3 is 2.61 bits per heavy atom. The van der Waals surface area contributed by atoms with Gasteiger partial charge in [-0.2, -0.15) is 0 Å². The molecule has 1 aromatic heterocycles. The Morgan fingerprint density at radius 1 is 1.18 bits per heavy atom. The number of fused-ring (bicyclic) bond motifs is 1. The van der Waals surface area contributed by atoms with Crippen LogP contribution in [0.2, 0.25) is 0 Å². The number of imide groups is 2. The summed E-state index contributed by atoms with van der Waals surface area (Å²) in [4.78, 5) is 49.6. The molecule has 0 radical (unpaired) electrons. The van der Waals surface area contributed by atoms with E-state index in [2.05, 4.69) is 5.32 Å². The van der Waals surface area contributed by atoms with Crippen LogP contribution in [0, 0.1) is 0 Å². The maximum atomic E-state index is 12.9. The summed E-state index contributed by atoms with van der Waals surface area (Å²) in [6, 6.07) is 6.19. The van der Waals surface area contributed by atoms with Crippen LogP contribution in [0.15, 0.2) is 36.0 Å². The van der Waals surface area contributed by atoms with Crippen LogP contribution >= 0.6 is 0 Å². The number of barbiturate groups is 1. The molecule has 28 heavy (non-hydrogen) atoms. The predicted octanol–water partition coefficient (Wildman–Crippen LogP) is 0.796. The zero-order chi connectivity index (χ0) is 19.8. The Labute approximate surface area is 160 Å². The number of rotatable bonds is 4. The third kappa shape index (κ3) is 3.06. The first kappa shape index (κ1) is 18.0. The zero-order valence-corrected chi connectivity index (χ0v) is 15.0. The van der Waals surface area contributed by atoms with Gasteiger partial charge in [0, 0.05) is 28.7 Å². The van der Waals surface area contributed by atoms with Gasteiger partial charge in [-0.15, -0.1) is 0 Å². The maximum Gasteiger partial charge on any atom is 0.331 e. The van der Waals surface area contributed by atoms with Gasteiger partial charge in [0.15, 0.2) is 0 Å². The highest BCUT2D eigenvalue weighted by atomic mass is 16.4. The number of aromatic nitrogens is 1.